The molecule has 1 aliphatic carbocycles. The highest BCUT2D eigenvalue weighted by atomic mass is 79.9. The number of anilines is 2. The number of pyridine rings is 1. The van der Waals surface area contributed by atoms with Crippen LogP contribution in [0.4, 0.5) is 11.8 Å². The van der Waals surface area contributed by atoms with E-state index in [2.05, 4.69) is 43.7 Å². The molecular formula is C22H24BrN5. The van der Waals surface area contributed by atoms with Crippen LogP contribution in [0.25, 0.3) is 11.3 Å². The summed E-state index contributed by atoms with van der Waals surface area (Å²) in [6, 6.07) is 14.7. The first-order chi connectivity index (χ1) is 13.8. The van der Waals surface area contributed by atoms with Gasteiger partial charge in [-0.2, -0.15) is 4.98 Å². The van der Waals surface area contributed by atoms with Gasteiger partial charge >= 0.3 is 0 Å². The lowest BCUT2D eigenvalue weighted by atomic mass is 9.96. The van der Waals surface area contributed by atoms with Crippen molar-refractivity contribution in [1.82, 2.24) is 15.0 Å². The van der Waals surface area contributed by atoms with Crippen LogP contribution >= 0.6 is 15.9 Å². The number of aromatic nitrogens is 3. The van der Waals surface area contributed by atoms with E-state index in [0.29, 0.717) is 18.5 Å². The molecule has 5 nitrogen and oxygen atoms in total. The van der Waals surface area contributed by atoms with Crippen LogP contribution in [0.15, 0.2) is 59.3 Å². The van der Waals surface area contributed by atoms with Gasteiger partial charge in [-0.3, -0.25) is 4.98 Å². The third-order valence-corrected chi connectivity index (χ3v) is 5.54. The number of rotatable bonds is 6. The van der Waals surface area contributed by atoms with Crippen LogP contribution in [-0.4, -0.2) is 21.0 Å². The highest BCUT2D eigenvalue weighted by Crippen LogP contribution is 2.24. The first-order valence-corrected chi connectivity index (χ1v) is 10.6. The Bertz CT molecular complexity index is 893. The van der Waals surface area contributed by atoms with E-state index in [0.717, 1.165) is 21.5 Å². The third kappa shape index (κ3) is 5.07. The number of halogens is 1. The van der Waals surface area contributed by atoms with Crippen molar-refractivity contribution in [2.24, 2.45) is 0 Å². The summed E-state index contributed by atoms with van der Waals surface area (Å²) in [5.74, 6) is 1.50. The SMILES string of the molecule is Brc1ccc(CNc2cc(-c3cccnc3)nc(NC3CCCCC3)n2)cc1. The van der Waals surface area contributed by atoms with E-state index >= 15 is 0 Å². The van der Waals surface area contributed by atoms with Crippen molar-refractivity contribution in [2.75, 3.05) is 10.6 Å². The molecule has 3 aromatic rings. The van der Waals surface area contributed by atoms with Crippen LogP contribution in [0.3, 0.4) is 0 Å². The molecule has 144 valence electrons. The Labute approximate surface area is 174 Å². The molecule has 0 aliphatic heterocycles. The van der Waals surface area contributed by atoms with Crippen LogP contribution in [-0.2, 0) is 6.54 Å². The summed E-state index contributed by atoms with van der Waals surface area (Å²) in [7, 11) is 0. The van der Waals surface area contributed by atoms with Gasteiger partial charge in [0, 0.05) is 41.1 Å². The molecule has 0 spiro atoms. The smallest absolute Gasteiger partial charge is 0.225 e. The molecule has 4 rings (SSSR count). The maximum absolute atomic E-state index is 4.76. The maximum atomic E-state index is 4.76. The Morgan fingerprint density at radius 2 is 1.82 bits per heavy atom. The van der Waals surface area contributed by atoms with E-state index in [9.17, 15) is 0 Å². The van der Waals surface area contributed by atoms with Crippen molar-refractivity contribution >= 4 is 27.7 Å². The van der Waals surface area contributed by atoms with Crippen LogP contribution in [0.1, 0.15) is 37.7 Å². The monoisotopic (exact) mass is 437 g/mol. The summed E-state index contributed by atoms with van der Waals surface area (Å²) in [4.78, 5) is 13.7. The maximum Gasteiger partial charge on any atom is 0.225 e. The van der Waals surface area contributed by atoms with Gasteiger partial charge in [0.15, 0.2) is 0 Å². The summed E-state index contributed by atoms with van der Waals surface area (Å²) >= 11 is 3.48. The molecule has 0 unspecified atom stereocenters. The van der Waals surface area contributed by atoms with E-state index in [-0.39, 0.29) is 0 Å². The van der Waals surface area contributed by atoms with Gasteiger partial charge < -0.3 is 10.6 Å². The van der Waals surface area contributed by atoms with Crippen LogP contribution < -0.4 is 10.6 Å². The minimum atomic E-state index is 0.456. The van der Waals surface area contributed by atoms with Gasteiger partial charge in [0.05, 0.1) is 5.69 Å². The largest absolute Gasteiger partial charge is 0.366 e. The Balaban J connectivity index is 1.56. The Morgan fingerprint density at radius 1 is 1.00 bits per heavy atom. The molecule has 0 amide bonds. The molecule has 28 heavy (non-hydrogen) atoms. The molecule has 2 aromatic heterocycles. The fourth-order valence-corrected chi connectivity index (χ4v) is 3.75. The second-order valence-electron chi connectivity index (χ2n) is 7.16. The molecule has 2 heterocycles. The van der Waals surface area contributed by atoms with E-state index in [4.69, 9.17) is 9.97 Å². The number of hydrogen-bond acceptors (Lipinski definition) is 5. The van der Waals surface area contributed by atoms with E-state index in [1.54, 1.807) is 6.20 Å². The lowest BCUT2D eigenvalue weighted by Gasteiger charge is -2.23. The van der Waals surface area contributed by atoms with Gasteiger partial charge in [-0.05, 0) is 42.7 Å². The zero-order valence-corrected chi connectivity index (χ0v) is 17.3. The molecule has 2 N–H and O–H groups in total. The molecule has 6 heteroatoms. The van der Waals surface area contributed by atoms with Gasteiger partial charge in [-0.15, -0.1) is 0 Å². The van der Waals surface area contributed by atoms with E-state index in [1.165, 1.54) is 37.7 Å². The average molecular weight is 438 g/mol. The Kier molecular flexibility index (Phi) is 6.17. The van der Waals surface area contributed by atoms with Gasteiger partial charge in [0.1, 0.15) is 5.82 Å². The van der Waals surface area contributed by atoms with Crippen molar-refractivity contribution < 1.29 is 0 Å². The van der Waals surface area contributed by atoms with E-state index < -0.39 is 0 Å². The minimum Gasteiger partial charge on any atom is -0.366 e. The number of nitrogens with zero attached hydrogens (tertiary/aromatic N) is 3. The number of nitrogens with one attached hydrogen (secondary N) is 2. The highest BCUT2D eigenvalue weighted by molar-refractivity contribution is 9.10. The molecular weight excluding hydrogens is 414 g/mol. The quantitative estimate of drug-likeness (QED) is 0.520. The topological polar surface area (TPSA) is 62.7 Å². The van der Waals surface area contributed by atoms with E-state index in [1.807, 2.05) is 36.5 Å². The predicted molar refractivity (Wildman–Crippen MR) is 117 cm³/mol. The van der Waals surface area contributed by atoms with Crippen molar-refractivity contribution in [3.05, 3.63) is 64.9 Å². The standard InChI is InChI=1S/C22H24BrN5/c23-18-10-8-16(9-11-18)14-25-21-13-20(17-5-4-12-24-15-17)27-22(28-21)26-19-6-2-1-3-7-19/h4-5,8-13,15,19H,1-3,6-7,14H2,(H2,25,26,27,28). The zero-order chi connectivity index (χ0) is 19.2. The van der Waals surface area contributed by atoms with Crippen LogP contribution in [0.2, 0.25) is 0 Å². The molecule has 1 saturated carbocycles. The van der Waals surface area contributed by atoms with Gasteiger partial charge in [-0.25, -0.2) is 4.98 Å². The Hall–Kier alpha value is -2.47. The fraction of sp³-hybridized carbons (Fsp3) is 0.318. The van der Waals surface area contributed by atoms with Crippen molar-refractivity contribution in [3.8, 4) is 11.3 Å². The second kappa shape index (κ2) is 9.15. The minimum absolute atomic E-state index is 0.456. The summed E-state index contributed by atoms with van der Waals surface area (Å²) in [5, 5.41) is 6.99. The number of benzene rings is 1. The summed E-state index contributed by atoms with van der Waals surface area (Å²) < 4.78 is 1.08. The molecule has 1 aliphatic rings. The fourth-order valence-electron chi connectivity index (χ4n) is 3.49. The molecule has 0 radical (unpaired) electrons. The van der Waals surface area contributed by atoms with Crippen LogP contribution in [0.5, 0.6) is 0 Å². The predicted octanol–water partition coefficient (Wildman–Crippen LogP) is 5.66. The molecule has 0 bridgehead atoms. The molecule has 1 aromatic carbocycles. The van der Waals surface area contributed by atoms with Crippen LogP contribution in [0, 0.1) is 0 Å². The second-order valence-corrected chi connectivity index (χ2v) is 8.08. The highest BCUT2D eigenvalue weighted by Gasteiger charge is 2.15. The van der Waals surface area contributed by atoms with Gasteiger partial charge in [-0.1, -0.05) is 47.3 Å². The summed E-state index contributed by atoms with van der Waals surface area (Å²) in [5.41, 5.74) is 3.06. The first-order valence-electron chi connectivity index (χ1n) is 9.80. The zero-order valence-electron chi connectivity index (χ0n) is 15.7. The van der Waals surface area contributed by atoms with Crippen molar-refractivity contribution in [1.29, 1.82) is 0 Å². The lowest BCUT2D eigenvalue weighted by Crippen LogP contribution is -2.23. The van der Waals surface area contributed by atoms with Gasteiger partial charge in [0.2, 0.25) is 5.95 Å². The molecule has 1 fully saturated rings. The van der Waals surface area contributed by atoms with Gasteiger partial charge in [0.25, 0.3) is 0 Å². The van der Waals surface area contributed by atoms with Crippen molar-refractivity contribution in [2.45, 2.75) is 44.7 Å². The van der Waals surface area contributed by atoms with Crippen molar-refractivity contribution in [3.63, 3.8) is 0 Å². The molecule has 0 atom stereocenters. The number of hydrogen-bond donors (Lipinski definition) is 2. The third-order valence-electron chi connectivity index (χ3n) is 5.01. The summed E-state index contributed by atoms with van der Waals surface area (Å²) in [6.07, 6.45) is 9.85. The first kappa shape index (κ1) is 18.9. The average Bonchev–Trinajstić information content (AvgIpc) is 2.75. The normalized spacial score (nSPS) is 14.6. The summed E-state index contributed by atoms with van der Waals surface area (Å²) in [6.45, 7) is 0.708. The Morgan fingerprint density at radius 3 is 2.57 bits per heavy atom. The lowest BCUT2D eigenvalue weighted by molar-refractivity contribution is 0.461. The molecule has 0 saturated heterocycles.